The molecule has 0 saturated carbocycles. The second-order valence-corrected chi connectivity index (χ2v) is 5.29. The molecule has 1 aromatic carbocycles. The zero-order valence-corrected chi connectivity index (χ0v) is 12.3. The van der Waals surface area contributed by atoms with Crippen LogP contribution in [0.1, 0.15) is 10.5 Å². The first-order valence-corrected chi connectivity index (χ1v) is 6.63. The van der Waals surface area contributed by atoms with Gasteiger partial charge < -0.3 is 11.1 Å². The van der Waals surface area contributed by atoms with Gasteiger partial charge in [-0.25, -0.2) is 0 Å². The second-order valence-electron chi connectivity index (χ2n) is 3.52. The van der Waals surface area contributed by atoms with E-state index in [9.17, 15) is 4.79 Å². The molecule has 2 aromatic rings. The number of nitrogens with one attached hydrogen (secondary N) is 1. The number of benzene rings is 1. The summed E-state index contributed by atoms with van der Waals surface area (Å²) in [5.41, 5.74) is 7.20. The van der Waals surface area contributed by atoms with Crippen molar-refractivity contribution >= 4 is 49.1 Å². The first-order valence-electron chi connectivity index (χ1n) is 5.05. The fraction of sp³-hybridized carbons (Fsp3) is 0. The van der Waals surface area contributed by atoms with Crippen LogP contribution in [0.25, 0.3) is 0 Å². The largest absolute Gasteiger partial charge is 0.397 e. The molecule has 2 rings (SSSR count). The van der Waals surface area contributed by atoms with E-state index in [1.165, 1.54) is 0 Å². The highest BCUT2D eigenvalue weighted by atomic mass is 79.9. The quantitative estimate of drug-likeness (QED) is 0.795. The van der Waals surface area contributed by atoms with Crippen molar-refractivity contribution in [1.82, 2.24) is 4.98 Å². The summed E-state index contributed by atoms with van der Waals surface area (Å²) in [5, 5.41) is 2.73. The van der Waals surface area contributed by atoms with Crippen LogP contribution < -0.4 is 11.1 Å². The number of pyridine rings is 1. The Morgan fingerprint density at radius 2 is 2.06 bits per heavy atom. The zero-order valence-electron chi connectivity index (χ0n) is 9.15. The summed E-state index contributed by atoms with van der Waals surface area (Å²) in [4.78, 5) is 15.9. The van der Waals surface area contributed by atoms with E-state index in [0.717, 1.165) is 4.47 Å². The van der Waals surface area contributed by atoms with Gasteiger partial charge in [-0.05, 0) is 40.2 Å². The third-order valence-electron chi connectivity index (χ3n) is 2.22. The molecule has 0 fully saturated rings. The van der Waals surface area contributed by atoms with Crippen LogP contribution in [-0.2, 0) is 0 Å². The molecule has 3 N–H and O–H groups in total. The fourth-order valence-electron chi connectivity index (χ4n) is 1.40. The van der Waals surface area contributed by atoms with Gasteiger partial charge in [-0.3, -0.25) is 9.78 Å². The molecule has 18 heavy (non-hydrogen) atoms. The molecule has 0 aliphatic rings. The Morgan fingerprint density at radius 3 is 2.67 bits per heavy atom. The lowest BCUT2D eigenvalue weighted by atomic mass is 10.2. The van der Waals surface area contributed by atoms with Crippen molar-refractivity contribution in [2.24, 2.45) is 0 Å². The van der Waals surface area contributed by atoms with E-state index in [4.69, 9.17) is 5.73 Å². The van der Waals surface area contributed by atoms with E-state index in [2.05, 4.69) is 42.2 Å². The molecule has 0 radical (unpaired) electrons. The number of amides is 1. The van der Waals surface area contributed by atoms with Crippen LogP contribution in [0.15, 0.2) is 45.5 Å². The number of carbonyl (C=O) groups excluding carboxylic acids is 1. The van der Waals surface area contributed by atoms with Gasteiger partial charge in [-0.1, -0.05) is 22.0 Å². The van der Waals surface area contributed by atoms with Crippen molar-refractivity contribution in [3.8, 4) is 0 Å². The van der Waals surface area contributed by atoms with Gasteiger partial charge in [0.05, 0.1) is 11.4 Å². The summed E-state index contributed by atoms with van der Waals surface area (Å²) >= 11 is 6.68. The Labute approximate surface area is 121 Å². The molecule has 0 unspecified atom stereocenters. The number of anilines is 2. The molecule has 1 aromatic heterocycles. The first kappa shape index (κ1) is 13.0. The average molecular weight is 371 g/mol. The zero-order chi connectivity index (χ0) is 13.1. The van der Waals surface area contributed by atoms with Crippen molar-refractivity contribution in [3.05, 3.63) is 51.2 Å². The molecule has 0 saturated heterocycles. The van der Waals surface area contributed by atoms with E-state index in [1.54, 1.807) is 30.5 Å². The number of halogens is 2. The maximum absolute atomic E-state index is 11.9. The Hall–Kier alpha value is -1.40. The number of nitrogens with zero attached hydrogens (tertiary/aromatic N) is 1. The molecule has 6 heteroatoms. The molecular weight excluding hydrogens is 362 g/mol. The molecule has 0 spiro atoms. The topological polar surface area (TPSA) is 68.0 Å². The van der Waals surface area contributed by atoms with Gasteiger partial charge in [-0.2, -0.15) is 0 Å². The van der Waals surface area contributed by atoms with Gasteiger partial charge in [0.15, 0.2) is 0 Å². The van der Waals surface area contributed by atoms with Crippen molar-refractivity contribution in [3.63, 3.8) is 0 Å². The maximum atomic E-state index is 11.9. The van der Waals surface area contributed by atoms with Crippen LogP contribution in [0, 0.1) is 0 Å². The van der Waals surface area contributed by atoms with E-state index >= 15 is 0 Å². The van der Waals surface area contributed by atoms with Crippen LogP contribution >= 0.6 is 31.9 Å². The summed E-state index contributed by atoms with van der Waals surface area (Å²) in [7, 11) is 0. The predicted molar refractivity (Wildman–Crippen MR) is 78.4 cm³/mol. The average Bonchev–Trinajstić information content (AvgIpc) is 2.34. The summed E-state index contributed by atoms with van der Waals surface area (Å²) in [6.45, 7) is 0. The van der Waals surface area contributed by atoms with Crippen LogP contribution in [-0.4, -0.2) is 10.9 Å². The van der Waals surface area contributed by atoms with Gasteiger partial charge in [0.25, 0.3) is 5.91 Å². The number of nitrogen functional groups attached to an aromatic ring is 1. The second kappa shape index (κ2) is 5.49. The lowest BCUT2D eigenvalue weighted by Crippen LogP contribution is -2.15. The van der Waals surface area contributed by atoms with Gasteiger partial charge in [0.1, 0.15) is 5.69 Å². The minimum absolute atomic E-state index is 0.301. The smallest absolute Gasteiger partial charge is 0.274 e. The number of hydrogen-bond donors (Lipinski definition) is 2. The van der Waals surface area contributed by atoms with Gasteiger partial charge in [-0.15, -0.1) is 0 Å². The van der Waals surface area contributed by atoms with E-state index in [0.29, 0.717) is 21.5 Å². The lowest BCUT2D eigenvalue weighted by molar-refractivity contribution is 0.102. The third kappa shape index (κ3) is 2.88. The molecule has 0 aliphatic heterocycles. The van der Waals surface area contributed by atoms with Crippen molar-refractivity contribution in [1.29, 1.82) is 0 Å². The molecule has 0 aliphatic carbocycles. The standard InChI is InChI=1S/C12H9Br2N3O/c13-7-5-8(14)11(9(15)6-7)17-12(18)10-3-1-2-4-16-10/h1-6H,15H2,(H,17,18). The van der Waals surface area contributed by atoms with E-state index in [-0.39, 0.29) is 5.91 Å². The summed E-state index contributed by atoms with van der Waals surface area (Å²) in [6, 6.07) is 8.67. The summed E-state index contributed by atoms with van der Waals surface area (Å²) < 4.78 is 1.54. The predicted octanol–water partition coefficient (Wildman–Crippen LogP) is 3.44. The van der Waals surface area contributed by atoms with Crippen molar-refractivity contribution in [2.75, 3.05) is 11.1 Å². The molecule has 0 atom stereocenters. The highest BCUT2D eigenvalue weighted by Gasteiger charge is 2.12. The lowest BCUT2D eigenvalue weighted by Gasteiger charge is -2.10. The highest BCUT2D eigenvalue weighted by molar-refractivity contribution is 9.11. The number of carbonyl (C=O) groups is 1. The normalized spacial score (nSPS) is 10.1. The fourth-order valence-corrected chi connectivity index (χ4v) is 2.76. The van der Waals surface area contributed by atoms with Crippen LogP contribution in [0.3, 0.4) is 0 Å². The van der Waals surface area contributed by atoms with E-state index in [1.807, 2.05) is 6.07 Å². The molecule has 1 heterocycles. The third-order valence-corrected chi connectivity index (χ3v) is 3.30. The molecule has 1 amide bonds. The van der Waals surface area contributed by atoms with Crippen molar-refractivity contribution < 1.29 is 4.79 Å². The van der Waals surface area contributed by atoms with Crippen LogP contribution in [0.2, 0.25) is 0 Å². The maximum Gasteiger partial charge on any atom is 0.274 e. The molecule has 92 valence electrons. The Balaban J connectivity index is 2.28. The molecular formula is C12H9Br2N3O. The highest BCUT2D eigenvalue weighted by Crippen LogP contribution is 2.32. The minimum atomic E-state index is -0.301. The molecule has 0 bridgehead atoms. The Kier molecular flexibility index (Phi) is 3.98. The van der Waals surface area contributed by atoms with Gasteiger partial charge in [0, 0.05) is 15.1 Å². The summed E-state index contributed by atoms with van der Waals surface area (Å²) in [5.74, 6) is -0.301. The molecule has 4 nitrogen and oxygen atoms in total. The SMILES string of the molecule is Nc1cc(Br)cc(Br)c1NC(=O)c1ccccn1. The van der Waals surface area contributed by atoms with E-state index < -0.39 is 0 Å². The Morgan fingerprint density at radius 1 is 1.28 bits per heavy atom. The van der Waals surface area contributed by atoms with Crippen LogP contribution in [0.4, 0.5) is 11.4 Å². The number of rotatable bonds is 2. The first-order chi connectivity index (χ1) is 8.58. The Bertz CT molecular complexity index is 564. The van der Waals surface area contributed by atoms with Gasteiger partial charge in [0.2, 0.25) is 0 Å². The number of hydrogen-bond acceptors (Lipinski definition) is 3. The van der Waals surface area contributed by atoms with Crippen molar-refractivity contribution in [2.45, 2.75) is 0 Å². The minimum Gasteiger partial charge on any atom is -0.397 e. The number of aromatic nitrogens is 1. The monoisotopic (exact) mass is 369 g/mol. The van der Waals surface area contributed by atoms with Crippen LogP contribution in [0.5, 0.6) is 0 Å². The summed E-state index contributed by atoms with van der Waals surface area (Å²) in [6.07, 6.45) is 1.56. The van der Waals surface area contributed by atoms with Gasteiger partial charge >= 0.3 is 0 Å². The number of nitrogens with two attached hydrogens (primary N) is 1.